The SMILES string of the molecule is CC(NC(=O)c1cc(Br)c[nH]1)C1CCCO1. The van der Waals surface area contributed by atoms with Crippen LogP contribution < -0.4 is 5.32 Å². The zero-order chi connectivity index (χ0) is 11.5. The summed E-state index contributed by atoms with van der Waals surface area (Å²) in [6.07, 6.45) is 4.00. The molecule has 2 atom stereocenters. The van der Waals surface area contributed by atoms with E-state index < -0.39 is 0 Å². The Morgan fingerprint density at radius 2 is 2.56 bits per heavy atom. The average Bonchev–Trinajstić information content (AvgIpc) is 2.87. The Hall–Kier alpha value is -0.810. The van der Waals surface area contributed by atoms with Gasteiger partial charge in [0, 0.05) is 17.3 Å². The first kappa shape index (κ1) is 11.7. The minimum absolute atomic E-state index is 0.0528. The van der Waals surface area contributed by atoms with Crippen molar-refractivity contribution in [3.8, 4) is 0 Å². The molecule has 0 aromatic carbocycles. The smallest absolute Gasteiger partial charge is 0.268 e. The van der Waals surface area contributed by atoms with E-state index in [1.807, 2.05) is 6.92 Å². The van der Waals surface area contributed by atoms with E-state index in [-0.39, 0.29) is 18.1 Å². The highest BCUT2D eigenvalue weighted by Gasteiger charge is 2.24. The fourth-order valence-corrected chi connectivity index (χ4v) is 2.22. The third-order valence-electron chi connectivity index (χ3n) is 2.77. The van der Waals surface area contributed by atoms with Crippen LogP contribution in [0.3, 0.4) is 0 Å². The molecule has 1 aliphatic rings. The Labute approximate surface area is 103 Å². The summed E-state index contributed by atoms with van der Waals surface area (Å²) in [5, 5.41) is 2.94. The van der Waals surface area contributed by atoms with Gasteiger partial charge in [-0.1, -0.05) is 0 Å². The molecule has 1 aromatic rings. The van der Waals surface area contributed by atoms with Crippen molar-refractivity contribution in [3.05, 3.63) is 22.4 Å². The lowest BCUT2D eigenvalue weighted by Gasteiger charge is -2.19. The van der Waals surface area contributed by atoms with Crippen LogP contribution in [-0.4, -0.2) is 29.6 Å². The molecule has 1 aromatic heterocycles. The number of H-pyrrole nitrogens is 1. The van der Waals surface area contributed by atoms with Gasteiger partial charge in [0.15, 0.2) is 0 Å². The number of hydrogen-bond donors (Lipinski definition) is 2. The van der Waals surface area contributed by atoms with E-state index in [9.17, 15) is 4.79 Å². The molecule has 2 heterocycles. The largest absolute Gasteiger partial charge is 0.376 e. The fourth-order valence-electron chi connectivity index (χ4n) is 1.87. The van der Waals surface area contributed by atoms with E-state index in [4.69, 9.17) is 4.74 Å². The van der Waals surface area contributed by atoms with Gasteiger partial charge in [0.25, 0.3) is 5.91 Å². The minimum Gasteiger partial charge on any atom is -0.376 e. The molecular weight excluding hydrogens is 272 g/mol. The van der Waals surface area contributed by atoms with E-state index in [0.29, 0.717) is 5.69 Å². The van der Waals surface area contributed by atoms with Gasteiger partial charge in [-0.3, -0.25) is 4.79 Å². The lowest BCUT2D eigenvalue weighted by atomic mass is 10.1. The highest BCUT2D eigenvalue weighted by Crippen LogP contribution is 2.16. The summed E-state index contributed by atoms with van der Waals surface area (Å²) in [5.41, 5.74) is 0.566. The van der Waals surface area contributed by atoms with Crippen molar-refractivity contribution in [2.24, 2.45) is 0 Å². The van der Waals surface area contributed by atoms with Crippen molar-refractivity contribution in [2.75, 3.05) is 6.61 Å². The van der Waals surface area contributed by atoms with Gasteiger partial charge in [-0.05, 0) is 41.8 Å². The monoisotopic (exact) mass is 286 g/mol. The Balaban J connectivity index is 1.91. The first-order valence-corrected chi connectivity index (χ1v) is 6.22. The predicted molar refractivity (Wildman–Crippen MR) is 64.4 cm³/mol. The first-order chi connectivity index (χ1) is 7.66. The van der Waals surface area contributed by atoms with Gasteiger partial charge in [0.05, 0.1) is 12.1 Å². The second-order valence-corrected chi connectivity index (χ2v) is 4.96. The number of carbonyl (C=O) groups excluding carboxylic acids is 1. The molecule has 4 nitrogen and oxygen atoms in total. The number of amides is 1. The number of carbonyl (C=O) groups is 1. The van der Waals surface area contributed by atoms with Crippen LogP contribution in [0.5, 0.6) is 0 Å². The number of aromatic amines is 1. The quantitative estimate of drug-likeness (QED) is 0.894. The second kappa shape index (κ2) is 5.01. The highest BCUT2D eigenvalue weighted by atomic mass is 79.9. The van der Waals surface area contributed by atoms with Gasteiger partial charge in [-0.25, -0.2) is 0 Å². The number of aromatic nitrogens is 1. The number of halogens is 1. The zero-order valence-electron chi connectivity index (χ0n) is 9.13. The third kappa shape index (κ3) is 2.65. The Morgan fingerprint density at radius 3 is 3.12 bits per heavy atom. The molecular formula is C11H15BrN2O2. The van der Waals surface area contributed by atoms with E-state index in [2.05, 4.69) is 26.2 Å². The summed E-state index contributed by atoms with van der Waals surface area (Å²) >= 11 is 3.30. The molecule has 0 radical (unpaired) electrons. The second-order valence-electron chi connectivity index (χ2n) is 4.05. The fraction of sp³-hybridized carbons (Fsp3) is 0.545. The molecule has 1 amide bonds. The van der Waals surface area contributed by atoms with Gasteiger partial charge >= 0.3 is 0 Å². The first-order valence-electron chi connectivity index (χ1n) is 5.43. The molecule has 5 heteroatoms. The average molecular weight is 287 g/mol. The molecule has 2 rings (SSSR count). The van der Waals surface area contributed by atoms with Gasteiger partial charge in [0.2, 0.25) is 0 Å². The molecule has 2 unspecified atom stereocenters. The maximum absolute atomic E-state index is 11.8. The number of hydrogen-bond acceptors (Lipinski definition) is 2. The summed E-state index contributed by atoms with van der Waals surface area (Å²) in [6.45, 7) is 2.78. The number of ether oxygens (including phenoxy) is 1. The minimum atomic E-state index is -0.0892. The van der Waals surface area contributed by atoms with Crippen molar-refractivity contribution in [1.29, 1.82) is 0 Å². The van der Waals surface area contributed by atoms with Crippen molar-refractivity contribution >= 4 is 21.8 Å². The normalized spacial score (nSPS) is 22.0. The lowest BCUT2D eigenvalue weighted by molar-refractivity contribution is 0.0710. The van der Waals surface area contributed by atoms with Crippen LogP contribution in [0.15, 0.2) is 16.7 Å². The maximum atomic E-state index is 11.8. The molecule has 1 aliphatic heterocycles. The van der Waals surface area contributed by atoms with E-state index in [1.54, 1.807) is 12.3 Å². The Morgan fingerprint density at radius 1 is 1.75 bits per heavy atom. The summed E-state index contributed by atoms with van der Waals surface area (Å²) < 4.78 is 6.40. The predicted octanol–water partition coefficient (Wildman–Crippen LogP) is 2.07. The van der Waals surface area contributed by atoms with Crippen LogP contribution in [0.25, 0.3) is 0 Å². The van der Waals surface area contributed by atoms with Crippen LogP contribution in [0, 0.1) is 0 Å². The van der Waals surface area contributed by atoms with Gasteiger partial charge in [-0.2, -0.15) is 0 Å². The van der Waals surface area contributed by atoms with Crippen LogP contribution in [-0.2, 0) is 4.74 Å². The topological polar surface area (TPSA) is 54.1 Å². The van der Waals surface area contributed by atoms with Crippen molar-refractivity contribution in [3.63, 3.8) is 0 Å². The molecule has 2 N–H and O–H groups in total. The molecule has 1 fully saturated rings. The molecule has 0 saturated carbocycles. The lowest BCUT2D eigenvalue weighted by Crippen LogP contribution is -2.40. The molecule has 0 spiro atoms. The standard InChI is InChI=1S/C11H15BrN2O2/c1-7(10-3-2-4-16-10)14-11(15)9-5-8(12)6-13-9/h5-7,10,13H,2-4H2,1H3,(H,14,15). The highest BCUT2D eigenvalue weighted by molar-refractivity contribution is 9.10. The zero-order valence-corrected chi connectivity index (χ0v) is 10.7. The van der Waals surface area contributed by atoms with Crippen molar-refractivity contribution in [1.82, 2.24) is 10.3 Å². The van der Waals surface area contributed by atoms with E-state index >= 15 is 0 Å². The molecule has 16 heavy (non-hydrogen) atoms. The number of nitrogens with one attached hydrogen (secondary N) is 2. The van der Waals surface area contributed by atoms with Crippen LogP contribution in [0.4, 0.5) is 0 Å². The summed E-state index contributed by atoms with van der Waals surface area (Å²) in [4.78, 5) is 14.7. The molecule has 88 valence electrons. The van der Waals surface area contributed by atoms with Crippen LogP contribution >= 0.6 is 15.9 Å². The molecule has 1 saturated heterocycles. The van der Waals surface area contributed by atoms with Crippen LogP contribution in [0.1, 0.15) is 30.3 Å². The molecule has 0 aliphatic carbocycles. The van der Waals surface area contributed by atoms with E-state index in [1.165, 1.54) is 0 Å². The van der Waals surface area contributed by atoms with Crippen LogP contribution in [0.2, 0.25) is 0 Å². The summed E-state index contributed by atoms with van der Waals surface area (Å²) in [6, 6.07) is 1.81. The van der Waals surface area contributed by atoms with Gasteiger partial charge in [-0.15, -0.1) is 0 Å². The number of rotatable bonds is 3. The summed E-state index contributed by atoms with van der Waals surface area (Å²) in [5.74, 6) is -0.0892. The Kier molecular flexibility index (Phi) is 3.66. The van der Waals surface area contributed by atoms with Gasteiger partial charge in [0.1, 0.15) is 5.69 Å². The Bertz CT molecular complexity index is 372. The molecule has 0 bridgehead atoms. The maximum Gasteiger partial charge on any atom is 0.268 e. The summed E-state index contributed by atoms with van der Waals surface area (Å²) in [7, 11) is 0. The third-order valence-corrected chi connectivity index (χ3v) is 3.23. The van der Waals surface area contributed by atoms with Gasteiger partial charge < -0.3 is 15.0 Å². The van der Waals surface area contributed by atoms with Crippen molar-refractivity contribution in [2.45, 2.75) is 31.9 Å². The van der Waals surface area contributed by atoms with Crippen molar-refractivity contribution < 1.29 is 9.53 Å². The van der Waals surface area contributed by atoms with E-state index in [0.717, 1.165) is 23.9 Å².